The van der Waals surface area contributed by atoms with Crippen LogP contribution in [0.2, 0.25) is 0 Å². The van der Waals surface area contributed by atoms with Gasteiger partial charge in [-0.15, -0.1) is 0 Å². The molecule has 2 aromatic carbocycles. The van der Waals surface area contributed by atoms with E-state index in [0.717, 1.165) is 24.3 Å². The van der Waals surface area contributed by atoms with E-state index in [9.17, 15) is 26.7 Å². The van der Waals surface area contributed by atoms with Crippen LogP contribution in [0, 0.1) is 11.6 Å². The number of aromatic nitrogens is 1. The van der Waals surface area contributed by atoms with Crippen LogP contribution in [-0.4, -0.2) is 10.8 Å². The lowest BCUT2D eigenvalue weighted by Gasteiger charge is -2.18. The van der Waals surface area contributed by atoms with Crippen LogP contribution < -0.4 is 0 Å². The summed E-state index contributed by atoms with van der Waals surface area (Å²) in [6.45, 7) is 0. The molecule has 3 rings (SSSR count). The van der Waals surface area contributed by atoms with Gasteiger partial charge in [0.05, 0.1) is 11.3 Å². The number of halogens is 5. The number of carbonyl (C=O) groups is 1. The van der Waals surface area contributed by atoms with E-state index in [1.807, 2.05) is 0 Å². The first-order valence-electron chi connectivity index (χ1n) is 8.32. The highest BCUT2D eigenvalue weighted by atomic mass is 19.4. The van der Waals surface area contributed by atoms with Gasteiger partial charge in [-0.3, -0.25) is 9.78 Å². The second-order valence-corrected chi connectivity index (χ2v) is 6.18. The highest BCUT2D eigenvalue weighted by Crippen LogP contribution is 2.33. The van der Waals surface area contributed by atoms with Gasteiger partial charge in [0, 0.05) is 24.1 Å². The minimum absolute atomic E-state index is 0.0630. The first-order chi connectivity index (χ1) is 13.3. The Kier molecular flexibility index (Phi) is 5.53. The molecule has 0 aliphatic carbocycles. The van der Waals surface area contributed by atoms with Crippen molar-refractivity contribution in [3.05, 3.63) is 101 Å². The van der Waals surface area contributed by atoms with Crippen LogP contribution in [0.25, 0.3) is 0 Å². The van der Waals surface area contributed by atoms with Crippen molar-refractivity contribution in [3.8, 4) is 0 Å². The molecule has 0 radical (unpaired) electrons. The Morgan fingerprint density at radius 1 is 0.964 bits per heavy atom. The Morgan fingerprint density at radius 3 is 2.29 bits per heavy atom. The van der Waals surface area contributed by atoms with Crippen LogP contribution in [0.15, 0.2) is 66.9 Å². The molecule has 3 aromatic rings. The highest BCUT2D eigenvalue weighted by Gasteiger charge is 2.31. The predicted molar refractivity (Wildman–Crippen MR) is 92.8 cm³/mol. The summed E-state index contributed by atoms with van der Waals surface area (Å²) in [4.78, 5) is 16.6. The van der Waals surface area contributed by atoms with Crippen molar-refractivity contribution < 1.29 is 26.7 Å². The molecule has 0 aliphatic heterocycles. The van der Waals surface area contributed by atoms with Crippen LogP contribution >= 0.6 is 0 Å². The Balaban J connectivity index is 1.99. The maximum absolute atomic E-state index is 14.3. The van der Waals surface area contributed by atoms with Crippen LogP contribution in [0.4, 0.5) is 22.0 Å². The average molecular weight is 391 g/mol. The van der Waals surface area contributed by atoms with E-state index in [2.05, 4.69) is 4.98 Å². The number of Topliss-reactive ketones (excluding diaryl/α,β-unsaturated/α-hetero) is 1. The molecule has 0 spiro atoms. The normalized spacial score (nSPS) is 12.6. The third-order valence-corrected chi connectivity index (χ3v) is 4.29. The van der Waals surface area contributed by atoms with Gasteiger partial charge in [0.1, 0.15) is 11.6 Å². The van der Waals surface area contributed by atoms with Crippen molar-refractivity contribution in [2.24, 2.45) is 0 Å². The number of pyridine rings is 1. The van der Waals surface area contributed by atoms with E-state index in [1.54, 1.807) is 0 Å². The van der Waals surface area contributed by atoms with Crippen molar-refractivity contribution in [2.75, 3.05) is 0 Å². The fourth-order valence-corrected chi connectivity index (χ4v) is 2.90. The molecule has 1 heterocycles. The maximum Gasteiger partial charge on any atom is 0.416 e. The van der Waals surface area contributed by atoms with E-state index in [0.29, 0.717) is 5.56 Å². The topological polar surface area (TPSA) is 30.0 Å². The van der Waals surface area contributed by atoms with Crippen LogP contribution in [-0.2, 0) is 6.18 Å². The van der Waals surface area contributed by atoms with Gasteiger partial charge in [-0.25, -0.2) is 8.78 Å². The van der Waals surface area contributed by atoms with Gasteiger partial charge < -0.3 is 0 Å². The molecule has 0 bridgehead atoms. The van der Waals surface area contributed by atoms with Crippen molar-refractivity contribution >= 4 is 5.78 Å². The Bertz CT molecular complexity index is 983. The molecule has 0 fully saturated rings. The fourth-order valence-electron chi connectivity index (χ4n) is 2.90. The SMILES string of the molecule is O=C(CC(c1ccc(C(F)(F)F)cc1)c1ncccc1F)c1cccc(F)c1. The first-order valence-corrected chi connectivity index (χ1v) is 8.32. The van der Waals surface area contributed by atoms with E-state index in [1.165, 1.54) is 42.6 Å². The number of benzene rings is 2. The number of rotatable bonds is 5. The zero-order valence-electron chi connectivity index (χ0n) is 14.4. The maximum atomic E-state index is 14.3. The molecule has 0 amide bonds. The van der Waals surface area contributed by atoms with Crippen LogP contribution in [0.3, 0.4) is 0 Å². The monoisotopic (exact) mass is 391 g/mol. The van der Waals surface area contributed by atoms with Gasteiger partial charge in [0.15, 0.2) is 5.78 Å². The summed E-state index contributed by atoms with van der Waals surface area (Å²) in [5.41, 5.74) is -0.524. The number of nitrogens with zero attached hydrogens (tertiary/aromatic N) is 1. The molecule has 0 aliphatic rings. The fraction of sp³-hybridized carbons (Fsp3) is 0.143. The van der Waals surface area contributed by atoms with Gasteiger partial charge >= 0.3 is 6.18 Å². The smallest absolute Gasteiger partial charge is 0.294 e. The van der Waals surface area contributed by atoms with Crippen molar-refractivity contribution in [1.29, 1.82) is 0 Å². The molecule has 2 nitrogen and oxygen atoms in total. The summed E-state index contributed by atoms with van der Waals surface area (Å²) in [5, 5.41) is 0. The Labute approximate surface area is 157 Å². The van der Waals surface area contributed by atoms with Crippen molar-refractivity contribution in [3.63, 3.8) is 0 Å². The molecule has 28 heavy (non-hydrogen) atoms. The zero-order valence-corrected chi connectivity index (χ0v) is 14.4. The summed E-state index contributed by atoms with van der Waals surface area (Å²) in [6, 6.07) is 11.7. The Hall–Kier alpha value is -3.09. The molecule has 1 atom stereocenters. The third kappa shape index (κ3) is 4.42. The molecular formula is C21H14F5NO. The number of carbonyl (C=O) groups excluding carboxylic acids is 1. The average Bonchev–Trinajstić information content (AvgIpc) is 2.66. The Morgan fingerprint density at radius 2 is 1.68 bits per heavy atom. The minimum atomic E-state index is -4.51. The van der Waals surface area contributed by atoms with Crippen molar-refractivity contribution in [2.45, 2.75) is 18.5 Å². The quantitative estimate of drug-likeness (QED) is 0.407. The van der Waals surface area contributed by atoms with Gasteiger partial charge in [0.25, 0.3) is 0 Å². The summed E-state index contributed by atoms with van der Waals surface area (Å²) < 4.78 is 66.1. The lowest BCUT2D eigenvalue weighted by Crippen LogP contribution is -2.13. The van der Waals surface area contributed by atoms with E-state index < -0.39 is 35.1 Å². The summed E-state index contributed by atoms with van der Waals surface area (Å²) >= 11 is 0. The first kappa shape index (κ1) is 19.7. The minimum Gasteiger partial charge on any atom is -0.294 e. The van der Waals surface area contributed by atoms with E-state index in [-0.39, 0.29) is 17.7 Å². The lowest BCUT2D eigenvalue weighted by molar-refractivity contribution is -0.137. The summed E-state index contributed by atoms with van der Waals surface area (Å²) in [7, 11) is 0. The summed E-state index contributed by atoms with van der Waals surface area (Å²) in [5.74, 6) is -2.67. The van der Waals surface area contributed by atoms with Gasteiger partial charge in [-0.1, -0.05) is 24.3 Å². The molecule has 1 aromatic heterocycles. The standard InChI is InChI=1S/C21H14F5NO/c22-16-4-1-3-14(11-16)19(28)12-17(20-18(23)5-2-10-27-20)13-6-8-15(9-7-13)21(24,25)26/h1-11,17H,12H2. The van der Waals surface area contributed by atoms with Crippen LogP contribution in [0.1, 0.15) is 39.5 Å². The number of ketones is 1. The highest BCUT2D eigenvalue weighted by molar-refractivity contribution is 5.96. The number of alkyl halides is 3. The number of hydrogen-bond acceptors (Lipinski definition) is 2. The molecule has 1 unspecified atom stereocenters. The van der Waals surface area contributed by atoms with Gasteiger partial charge in [0.2, 0.25) is 0 Å². The lowest BCUT2D eigenvalue weighted by atomic mass is 9.88. The number of hydrogen-bond donors (Lipinski definition) is 0. The predicted octanol–water partition coefficient (Wildman–Crippen LogP) is 5.78. The largest absolute Gasteiger partial charge is 0.416 e. The van der Waals surface area contributed by atoms with Crippen LogP contribution in [0.5, 0.6) is 0 Å². The second kappa shape index (κ2) is 7.88. The molecular weight excluding hydrogens is 377 g/mol. The van der Waals surface area contributed by atoms with Crippen molar-refractivity contribution in [1.82, 2.24) is 4.98 Å². The molecule has 0 N–H and O–H groups in total. The van der Waals surface area contributed by atoms with E-state index >= 15 is 0 Å². The summed E-state index contributed by atoms with van der Waals surface area (Å²) in [6.07, 6.45) is -3.45. The molecule has 7 heteroatoms. The zero-order chi connectivity index (χ0) is 20.3. The molecule has 0 saturated heterocycles. The third-order valence-electron chi connectivity index (χ3n) is 4.29. The second-order valence-electron chi connectivity index (χ2n) is 6.18. The van der Waals surface area contributed by atoms with E-state index in [4.69, 9.17) is 0 Å². The molecule has 0 saturated carbocycles. The van der Waals surface area contributed by atoms with Gasteiger partial charge in [-0.2, -0.15) is 13.2 Å². The molecule has 144 valence electrons. The van der Waals surface area contributed by atoms with Gasteiger partial charge in [-0.05, 0) is 42.0 Å².